The summed E-state index contributed by atoms with van der Waals surface area (Å²) in [4.78, 5) is 3.73. The van der Waals surface area contributed by atoms with Crippen LogP contribution in [0.5, 0.6) is 0 Å². The second-order valence-electron chi connectivity index (χ2n) is 8.26. The summed E-state index contributed by atoms with van der Waals surface area (Å²) in [5, 5.41) is 7.63. The van der Waals surface area contributed by atoms with Crippen LogP contribution in [0.25, 0.3) is 11.3 Å². The quantitative estimate of drug-likeness (QED) is 0.448. The van der Waals surface area contributed by atoms with Crippen LogP contribution in [0.15, 0.2) is 18.3 Å². The van der Waals surface area contributed by atoms with Crippen LogP contribution in [0.4, 0.5) is 19.0 Å². The van der Waals surface area contributed by atoms with Crippen molar-refractivity contribution in [2.75, 3.05) is 31.3 Å². The molecule has 33 heavy (non-hydrogen) atoms. The molecule has 188 valence electrons. The summed E-state index contributed by atoms with van der Waals surface area (Å²) >= 11 is 1.86. The van der Waals surface area contributed by atoms with Crippen LogP contribution >= 0.6 is 11.8 Å². The van der Waals surface area contributed by atoms with E-state index < -0.39 is 17.6 Å². The summed E-state index contributed by atoms with van der Waals surface area (Å²) in [5.74, 6) is 1.66. The molecule has 0 aliphatic heterocycles. The molecule has 9 heteroatoms. The summed E-state index contributed by atoms with van der Waals surface area (Å²) < 4.78 is 41.3. The molecule has 5 nitrogen and oxygen atoms in total. The number of anilines is 1. The topological polar surface area (TPSA) is 68.8 Å². The van der Waals surface area contributed by atoms with E-state index in [-0.39, 0.29) is 6.04 Å². The molecule has 1 saturated carbocycles. The average Bonchev–Trinajstić information content (AvgIpc) is 3.40. The highest BCUT2D eigenvalue weighted by molar-refractivity contribution is 7.98. The van der Waals surface area contributed by atoms with Gasteiger partial charge in [0.2, 0.25) is 0 Å². The average molecular weight is 488 g/mol. The molecule has 0 unspecified atom stereocenters. The number of halogens is 3. The number of nitrogens with two attached hydrogens (primary N) is 1. The van der Waals surface area contributed by atoms with Gasteiger partial charge in [0.25, 0.3) is 0 Å². The maximum absolute atomic E-state index is 13.1. The van der Waals surface area contributed by atoms with E-state index in [0.29, 0.717) is 23.1 Å². The van der Waals surface area contributed by atoms with Crippen LogP contribution in [-0.2, 0) is 6.18 Å². The fourth-order valence-corrected chi connectivity index (χ4v) is 4.28. The molecule has 2 aromatic heterocycles. The lowest BCUT2D eigenvalue weighted by atomic mass is 9.93. The Hall–Kier alpha value is -1.74. The van der Waals surface area contributed by atoms with Crippen LogP contribution in [0.1, 0.15) is 77.1 Å². The van der Waals surface area contributed by atoms with E-state index in [0.717, 1.165) is 24.7 Å². The molecule has 0 spiro atoms. The number of alkyl halides is 3. The summed E-state index contributed by atoms with van der Waals surface area (Å²) in [6, 6.07) is 3.09. The highest BCUT2D eigenvalue weighted by Gasteiger charge is 2.35. The van der Waals surface area contributed by atoms with Crippen molar-refractivity contribution < 1.29 is 13.2 Å². The maximum atomic E-state index is 13.1. The molecule has 1 fully saturated rings. The Morgan fingerprint density at radius 1 is 1.24 bits per heavy atom. The zero-order valence-electron chi connectivity index (χ0n) is 21.0. The number of thioether (sulfide) groups is 1. The molecule has 1 aliphatic carbocycles. The van der Waals surface area contributed by atoms with Crippen molar-refractivity contribution in [2.45, 2.75) is 72.0 Å². The van der Waals surface area contributed by atoms with E-state index in [1.807, 2.05) is 57.3 Å². The van der Waals surface area contributed by atoms with Gasteiger partial charge in [0.1, 0.15) is 5.82 Å². The number of aromatic nitrogens is 3. The second kappa shape index (κ2) is 13.8. The smallest absolute Gasteiger partial charge is 0.383 e. The Kier molecular flexibility index (Phi) is 12.3. The highest BCUT2D eigenvalue weighted by atomic mass is 32.2. The van der Waals surface area contributed by atoms with Gasteiger partial charge in [-0.3, -0.25) is 4.68 Å². The first kappa shape index (κ1) is 29.3. The molecular formula is C24H40F3N5S. The molecule has 0 aromatic carbocycles. The monoisotopic (exact) mass is 487 g/mol. The van der Waals surface area contributed by atoms with E-state index >= 15 is 0 Å². The number of nitrogens with one attached hydrogen (secondary N) is 1. The first-order chi connectivity index (χ1) is 15.6. The molecule has 2 atom stereocenters. The molecule has 3 N–H and O–H groups in total. The Labute approximate surface area is 201 Å². The lowest BCUT2D eigenvalue weighted by Crippen LogP contribution is -2.13. The van der Waals surface area contributed by atoms with E-state index in [4.69, 9.17) is 5.73 Å². The highest BCUT2D eigenvalue weighted by Crippen LogP contribution is 2.41. The van der Waals surface area contributed by atoms with Crippen molar-refractivity contribution in [1.82, 2.24) is 20.1 Å². The Morgan fingerprint density at radius 2 is 1.91 bits per heavy atom. The minimum Gasteiger partial charge on any atom is -0.383 e. The van der Waals surface area contributed by atoms with Gasteiger partial charge in [-0.1, -0.05) is 33.6 Å². The second-order valence-corrected chi connectivity index (χ2v) is 9.24. The van der Waals surface area contributed by atoms with Gasteiger partial charge in [-0.25, -0.2) is 4.98 Å². The normalized spacial score (nSPS) is 17.9. The summed E-state index contributed by atoms with van der Waals surface area (Å²) in [7, 11) is 1.97. The fourth-order valence-electron chi connectivity index (χ4n) is 3.87. The zero-order valence-corrected chi connectivity index (χ0v) is 21.8. The molecule has 0 saturated heterocycles. The van der Waals surface area contributed by atoms with Gasteiger partial charge >= 0.3 is 6.18 Å². The number of hydrogen-bond donors (Lipinski definition) is 2. The van der Waals surface area contributed by atoms with Crippen LogP contribution in [0.2, 0.25) is 0 Å². The van der Waals surface area contributed by atoms with Crippen molar-refractivity contribution in [3.63, 3.8) is 0 Å². The van der Waals surface area contributed by atoms with Crippen LogP contribution in [0, 0.1) is 5.92 Å². The minimum absolute atomic E-state index is 0.139. The van der Waals surface area contributed by atoms with Crippen molar-refractivity contribution in [3.05, 3.63) is 29.6 Å². The number of nitrogen functional groups attached to an aromatic ring is 1. The van der Waals surface area contributed by atoms with Gasteiger partial charge in [0.15, 0.2) is 0 Å². The van der Waals surface area contributed by atoms with Gasteiger partial charge in [0.05, 0.1) is 11.3 Å². The van der Waals surface area contributed by atoms with Gasteiger partial charge in [0, 0.05) is 41.7 Å². The summed E-state index contributed by atoms with van der Waals surface area (Å²) in [6.07, 6.45) is 2.37. The van der Waals surface area contributed by atoms with Crippen LogP contribution in [-0.4, -0.2) is 40.4 Å². The van der Waals surface area contributed by atoms with E-state index in [1.165, 1.54) is 24.8 Å². The van der Waals surface area contributed by atoms with Crippen LogP contribution in [0.3, 0.4) is 0 Å². The van der Waals surface area contributed by atoms with Gasteiger partial charge < -0.3 is 11.1 Å². The van der Waals surface area contributed by atoms with E-state index in [2.05, 4.69) is 28.6 Å². The number of rotatable bonds is 6. The molecule has 2 aromatic rings. The first-order valence-electron chi connectivity index (χ1n) is 11.7. The van der Waals surface area contributed by atoms with Gasteiger partial charge in [-0.15, -0.1) is 0 Å². The van der Waals surface area contributed by atoms with Crippen molar-refractivity contribution in [3.8, 4) is 11.3 Å². The summed E-state index contributed by atoms with van der Waals surface area (Å²) in [5.41, 5.74) is 6.43. The molecule has 0 bridgehead atoms. The number of nitrogens with zero attached hydrogens (tertiary/aromatic N) is 3. The number of hydrogen-bond acceptors (Lipinski definition) is 5. The fraction of sp³-hybridized carbons (Fsp3) is 0.667. The Bertz CT molecular complexity index is 832. The predicted octanol–water partition coefficient (Wildman–Crippen LogP) is 6.63. The molecule has 0 amide bonds. The zero-order chi connectivity index (χ0) is 25.2. The van der Waals surface area contributed by atoms with Crippen LogP contribution < -0.4 is 11.1 Å². The third kappa shape index (κ3) is 8.21. The molecular weight excluding hydrogens is 447 g/mol. The molecule has 3 rings (SSSR count). The molecule has 0 radical (unpaired) electrons. The first-order valence-corrected chi connectivity index (χ1v) is 13.1. The Morgan fingerprint density at radius 3 is 2.36 bits per heavy atom. The maximum Gasteiger partial charge on any atom is 0.419 e. The standard InChI is InChI=1S/C18H23F3N4.C4H11NS.C2H6/c1-10(2)25-16(13-6-4-5-11(13)3)8-15(24-25)12-7-14(18(19,20)21)17(22)23-9-12;1-5-3-4-6-2;1-2/h7-11,13H,4-6H2,1-3H3,(H2,22,23);5H,3-4H2,1-2H3;1-2H3/t11-,13+;;/m0../s1. The largest absolute Gasteiger partial charge is 0.419 e. The van der Waals surface area contributed by atoms with Crippen molar-refractivity contribution >= 4 is 17.6 Å². The van der Waals surface area contributed by atoms with Gasteiger partial charge in [-0.05, 0) is 51.6 Å². The van der Waals surface area contributed by atoms with Gasteiger partial charge in [-0.2, -0.15) is 30.0 Å². The van der Waals surface area contributed by atoms with Crippen molar-refractivity contribution in [1.29, 1.82) is 0 Å². The lowest BCUT2D eigenvalue weighted by molar-refractivity contribution is -0.137. The van der Waals surface area contributed by atoms with Crippen molar-refractivity contribution in [2.24, 2.45) is 5.92 Å². The van der Waals surface area contributed by atoms with E-state index in [1.54, 1.807) is 0 Å². The SMILES string of the molecule is CC.CC(C)n1nc(-c2cnc(N)c(C(F)(F)F)c2)cc1[C@@H]1CCC[C@@H]1C.CNCCSC. The molecule has 1 aliphatic rings. The minimum atomic E-state index is -4.53. The Balaban J connectivity index is 0.000000593. The summed E-state index contributed by atoms with van der Waals surface area (Å²) in [6.45, 7) is 11.4. The predicted molar refractivity (Wildman–Crippen MR) is 135 cm³/mol. The molecule has 2 heterocycles. The number of pyridine rings is 1. The third-order valence-electron chi connectivity index (χ3n) is 5.57. The lowest BCUT2D eigenvalue weighted by Gasteiger charge is -2.19. The third-order valence-corrected chi connectivity index (χ3v) is 6.18. The van der Waals surface area contributed by atoms with E-state index in [9.17, 15) is 13.2 Å².